The lowest BCUT2D eigenvalue weighted by molar-refractivity contribution is 0.455. The Balaban J connectivity index is 2.08. The van der Waals surface area contributed by atoms with E-state index in [0.29, 0.717) is 18.1 Å². The van der Waals surface area contributed by atoms with Crippen LogP contribution in [0.3, 0.4) is 0 Å². The molecule has 1 fully saturated rings. The first-order chi connectivity index (χ1) is 9.88. The third-order valence-corrected chi connectivity index (χ3v) is 5.32. The number of nitrogens with zero attached hydrogens (tertiary/aromatic N) is 2. The van der Waals surface area contributed by atoms with Crippen LogP contribution in [0.4, 0.5) is 0 Å². The molecule has 0 atom stereocenters. The van der Waals surface area contributed by atoms with Gasteiger partial charge in [0.15, 0.2) is 5.96 Å². The lowest BCUT2D eigenvalue weighted by atomic mass is 10.1. The van der Waals surface area contributed by atoms with Gasteiger partial charge in [-0.05, 0) is 24.1 Å². The van der Waals surface area contributed by atoms with Crippen molar-refractivity contribution in [2.24, 2.45) is 15.9 Å². The molecule has 0 aromatic heterocycles. The van der Waals surface area contributed by atoms with Crippen molar-refractivity contribution in [1.29, 1.82) is 0 Å². The Hall–Kier alpha value is -1.25. The zero-order valence-corrected chi connectivity index (χ0v) is 13.6. The molecule has 8 heteroatoms. The molecule has 6 nitrogen and oxygen atoms in total. The predicted octanol–water partition coefficient (Wildman–Crippen LogP) is 0.506. The number of benzene rings is 1. The largest absolute Gasteiger partial charge is 0.370 e. The van der Waals surface area contributed by atoms with E-state index >= 15 is 0 Å². The fraction of sp³-hybridized carbons (Fsp3) is 0.462. The van der Waals surface area contributed by atoms with E-state index in [4.69, 9.17) is 10.9 Å². The number of rotatable bonds is 3. The second-order valence-electron chi connectivity index (χ2n) is 4.92. The average molecular weight is 328 g/mol. The van der Waals surface area contributed by atoms with E-state index in [1.165, 1.54) is 6.07 Å². The molecule has 0 aliphatic carbocycles. The summed E-state index contributed by atoms with van der Waals surface area (Å²) in [7, 11) is -3.67. The molecule has 1 aliphatic rings. The van der Waals surface area contributed by atoms with Gasteiger partial charge < -0.3 is 10.6 Å². The Morgan fingerprint density at radius 1 is 1.38 bits per heavy atom. The predicted molar refractivity (Wildman–Crippen MR) is 86.8 cm³/mol. The van der Waals surface area contributed by atoms with Crippen molar-refractivity contribution in [3.63, 3.8) is 0 Å². The molecular formula is C13H20N4O2S2. The van der Waals surface area contributed by atoms with Crippen molar-refractivity contribution < 1.29 is 8.42 Å². The molecule has 0 bridgehead atoms. The second-order valence-corrected chi connectivity index (χ2v) is 7.67. The van der Waals surface area contributed by atoms with Crippen molar-refractivity contribution in [1.82, 2.24) is 4.90 Å². The number of aryl methyl sites for hydroxylation is 1. The third kappa shape index (κ3) is 4.36. The minimum absolute atomic E-state index is 0.149. The zero-order chi connectivity index (χ0) is 15.5. The first-order valence-corrected chi connectivity index (χ1v) is 9.33. The molecule has 1 aromatic carbocycles. The standard InChI is InChI=1S/C13H20N4O2S2/c1-10-8-11(2-3-12(10)21(15,18)19)9-16-13(14)17-4-6-20-7-5-17/h2-3,8H,4-7,9H2,1H3,(H2,14,16)(H2,15,18,19). The number of hydrogen-bond acceptors (Lipinski definition) is 4. The Morgan fingerprint density at radius 2 is 2.05 bits per heavy atom. The van der Waals surface area contributed by atoms with Gasteiger partial charge in [-0.2, -0.15) is 11.8 Å². The highest BCUT2D eigenvalue weighted by atomic mass is 32.2. The Labute approximate surface area is 129 Å². The highest BCUT2D eigenvalue weighted by Crippen LogP contribution is 2.16. The van der Waals surface area contributed by atoms with Crippen molar-refractivity contribution in [3.05, 3.63) is 29.3 Å². The van der Waals surface area contributed by atoms with Crippen LogP contribution in [0.15, 0.2) is 28.1 Å². The number of hydrogen-bond donors (Lipinski definition) is 2. The number of primary sulfonamides is 1. The van der Waals surface area contributed by atoms with E-state index < -0.39 is 10.0 Å². The highest BCUT2D eigenvalue weighted by molar-refractivity contribution is 7.99. The molecule has 1 saturated heterocycles. The molecular weight excluding hydrogens is 308 g/mol. The maximum absolute atomic E-state index is 11.4. The van der Waals surface area contributed by atoms with E-state index in [9.17, 15) is 8.42 Å². The van der Waals surface area contributed by atoms with Gasteiger partial charge in [-0.3, -0.25) is 0 Å². The van der Waals surface area contributed by atoms with Gasteiger partial charge in [0.2, 0.25) is 10.0 Å². The monoisotopic (exact) mass is 328 g/mol. The Morgan fingerprint density at radius 3 is 2.62 bits per heavy atom. The molecule has 0 radical (unpaired) electrons. The molecule has 1 aliphatic heterocycles. The molecule has 4 N–H and O–H groups in total. The van der Waals surface area contributed by atoms with Crippen LogP contribution in [0.1, 0.15) is 11.1 Å². The van der Waals surface area contributed by atoms with Gasteiger partial charge in [-0.15, -0.1) is 0 Å². The summed E-state index contributed by atoms with van der Waals surface area (Å²) in [5.41, 5.74) is 7.52. The number of nitrogens with two attached hydrogens (primary N) is 2. The molecule has 0 spiro atoms. The van der Waals surface area contributed by atoms with E-state index in [1.54, 1.807) is 19.1 Å². The summed E-state index contributed by atoms with van der Waals surface area (Å²) < 4.78 is 22.7. The van der Waals surface area contributed by atoms with Crippen LogP contribution in [0.2, 0.25) is 0 Å². The van der Waals surface area contributed by atoms with Crippen LogP contribution in [-0.4, -0.2) is 43.9 Å². The number of guanidine groups is 1. The van der Waals surface area contributed by atoms with Crippen molar-refractivity contribution in [3.8, 4) is 0 Å². The molecule has 116 valence electrons. The van der Waals surface area contributed by atoms with Gasteiger partial charge in [-0.1, -0.05) is 12.1 Å². The fourth-order valence-electron chi connectivity index (χ4n) is 2.19. The Bertz CT molecular complexity index is 638. The summed E-state index contributed by atoms with van der Waals surface area (Å²) in [4.78, 5) is 6.60. The number of sulfonamides is 1. The van der Waals surface area contributed by atoms with Gasteiger partial charge in [-0.25, -0.2) is 18.5 Å². The molecule has 21 heavy (non-hydrogen) atoms. The van der Waals surface area contributed by atoms with Gasteiger partial charge in [0.05, 0.1) is 11.4 Å². The number of thioether (sulfide) groups is 1. The Kier molecular flexibility index (Phi) is 5.13. The third-order valence-electron chi connectivity index (χ3n) is 3.30. The molecule has 0 amide bonds. The SMILES string of the molecule is Cc1cc(CN=C(N)N2CCSCC2)ccc1S(N)(=O)=O. The second kappa shape index (κ2) is 6.67. The number of aliphatic imine (C=N–C) groups is 1. The first-order valence-electron chi connectivity index (χ1n) is 6.63. The van der Waals surface area contributed by atoms with E-state index in [1.807, 2.05) is 11.8 Å². The summed E-state index contributed by atoms with van der Waals surface area (Å²) in [5, 5.41) is 5.14. The average Bonchev–Trinajstić information content (AvgIpc) is 2.44. The smallest absolute Gasteiger partial charge is 0.238 e. The highest BCUT2D eigenvalue weighted by Gasteiger charge is 2.13. The van der Waals surface area contributed by atoms with Gasteiger partial charge in [0, 0.05) is 24.6 Å². The quantitative estimate of drug-likeness (QED) is 0.621. The van der Waals surface area contributed by atoms with Crippen LogP contribution in [0.25, 0.3) is 0 Å². The lowest BCUT2D eigenvalue weighted by Gasteiger charge is -2.27. The summed E-state index contributed by atoms with van der Waals surface area (Å²) in [6, 6.07) is 5.02. The fourth-order valence-corrected chi connectivity index (χ4v) is 3.86. The van der Waals surface area contributed by atoms with E-state index in [2.05, 4.69) is 9.89 Å². The van der Waals surface area contributed by atoms with Gasteiger partial charge >= 0.3 is 0 Å². The molecule has 0 unspecified atom stereocenters. The molecule has 2 rings (SSSR count). The van der Waals surface area contributed by atoms with E-state index in [0.717, 1.165) is 30.2 Å². The summed E-state index contributed by atoms with van der Waals surface area (Å²) in [5.74, 6) is 2.68. The van der Waals surface area contributed by atoms with Crippen molar-refractivity contribution in [2.75, 3.05) is 24.6 Å². The maximum Gasteiger partial charge on any atom is 0.238 e. The van der Waals surface area contributed by atoms with E-state index in [-0.39, 0.29) is 4.90 Å². The molecule has 1 aromatic rings. The van der Waals surface area contributed by atoms with Crippen LogP contribution in [0.5, 0.6) is 0 Å². The normalized spacial score (nSPS) is 17.0. The van der Waals surface area contributed by atoms with Gasteiger partial charge in [0.1, 0.15) is 0 Å². The van der Waals surface area contributed by atoms with Crippen LogP contribution >= 0.6 is 11.8 Å². The topological polar surface area (TPSA) is 102 Å². The minimum Gasteiger partial charge on any atom is -0.370 e. The van der Waals surface area contributed by atoms with Crippen LogP contribution in [0, 0.1) is 6.92 Å². The van der Waals surface area contributed by atoms with Crippen molar-refractivity contribution in [2.45, 2.75) is 18.4 Å². The van der Waals surface area contributed by atoms with Crippen LogP contribution in [-0.2, 0) is 16.6 Å². The molecule has 0 saturated carbocycles. The molecule has 1 heterocycles. The lowest BCUT2D eigenvalue weighted by Crippen LogP contribution is -2.42. The summed E-state index contributed by atoms with van der Waals surface area (Å²) >= 11 is 1.92. The van der Waals surface area contributed by atoms with Gasteiger partial charge in [0.25, 0.3) is 0 Å². The maximum atomic E-state index is 11.4. The zero-order valence-electron chi connectivity index (χ0n) is 11.9. The first kappa shape index (κ1) is 16.1. The van der Waals surface area contributed by atoms with Crippen molar-refractivity contribution >= 4 is 27.7 Å². The van der Waals surface area contributed by atoms with Crippen LogP contribution < -0.4 is 10.9 Å². The minimum atomic E-state index is -3.67. The summed E-state index contributed by atoms with van der Waals surface area (Å²) in [6.07, 6.45) is 0. The summed E-state index contributed by atoms with van der Waals surface area (Å²) in [6.45, 7) is 3.99.